The molecule has 4 N–H and O–H groups in total. The number of fused-ring (bicyclic) bond motifs is 1. The van der Waals surface area contributed by atoms with Crippen LogP contribution in [0, 0.1) is 5.92 Å². The molecule has 0 spiro atoms. The van der Waals surface area contributed by atoms with Crippen LogP contribution in [-0.4, -0.2) is 33.8 Å². The van der Waals surface area contributed by atoms with Gasteiger partial charge in [-0.05, 0) is 18.1 Å². The molecule has 0 amide bonds. The molecule has 0 bridgehead atoms. The summed E-state index contributed by atoms with van der Waals surface area (Å²) in [6.45, 7) is 0. The molecule has 2 aliphatic rings. The van der Waals surface area contributed by atoms with Gasteiger partial charge in [0.15, 0.2) is 0 Å². The lowest BCUT2D eigenvalue weighted by Gasteiger charge is -2.18. The summed E-state index contributed by atoms with van der Waals surface area (Å²) in [5.74, 6) is -2.23. The summed E-state index contributed by atoms with van der Waals surface area (Å²) < 4.78 is 5.32. The minimum absolute atomic E-state index is 0.133. The van der Waals surface area contributed by atoms with Crippen molar-refractivity contribution in [1.29, 1.82) is 0 Å². The van der Waals surface area contributed by atoms with E-state index < -0.39 is 17.5 Å². The Bertz CT molecular complexity index is 428. The maximum atomic E-state index is 11.0. The Morgan fingerprint density at radius 2 is 2.18 bits per heavy atom. The van der Waals surface area contributed by atoms with Gasteiger partial charge in [0.25, 0.3) is 0 Å². The molecule has 92 valence electrons. The molecule has 1 aliphatic heterocycles. The second-order valence-electron chi connectivity index (χ2n) is 4.44. The molecule has 0 aromatic carbocycles. The number of allylic oxidation sites excluding steroid dienone is 1. The molecule has 0 aromatic heterocycles. The summed E-state index contributed by atoms with van der Waals surface area (Å²) >= 11 is 0. The van der Waals surface area contributed by atoms with Crippen LogP contribution >= 0.6 is 0 Å². The third-order valence-electron chi connectivity index (χ3n) is 3.25. The van der Waals surface area contributed by atoms with Crippen LogP contribution in [0.5, 0.6) is 0 Å². The summed E-state index contributed by atoms with van der Waals surface area (Å²) in [7, 11) is 0. The summed E-state index contributed by atoms with van der Waals surface area (Å²) in [5, 5.41) is 17.6. The molecule has 1 aliphatic carbocycles. The van der Waals surface area contributed by atoms with Crippen molar-refractivity contribution < 1.29 is 24.5 Å². The fraction of sp³-hybridized carbons (Fsp3) is 0.455. The van der Waals surface area contributed by atoms with Gasteiger partial charge in [-0.1, -0.05) is 0 Å². The van der Waals surface area contributed by atoms with Crippen molar-refractivity contribution in [3.8, 4) is 0 Å². The molecule has 2 rings (SSSR count). The van der Waals surface area contributed by atoms with Gasteiger partial charge in [-0.3, -0.25) is 4.79 Å². The third-order valence-corrected chi connectivity index (χ3v) is 3.25. The lowest BCUT2D eigenvalue weighted by molar-refractivity contribution is -0.143. The van der Waals surface area contributed by atoms with Crippen LogP contribution in [0.3, 0.4) is 0 Å². The topological polar surface area (TPSA) is 110 Å². The second-order valence-corrected chi connectivity index (χ2v) is 4.44. The molecule has 0 saturated heterocycles. The standard InChI is InChI=1S/C11H13NO5/c12-11(10(15)16)3-7-6(1-2-9(13)14)5-17-8(7)4-11/h1-2,5,7-8H,3-4,12H2,(H,13,14)(H,15,16)/b2-1+/t7-,8-,11+/m1/s1. The second kappa shape index (κ2) is 3.89. The number of hydrogen-bond acceptors (Lipinski definition) is 4. The lowest BCUT2D eigenvalue weighted by Crippen LogP contribution is -2.46. The summed E-state index contributed by atoms with van der Waals surface area (Å²) in [5.41, 5.74) is 5.18. The van der Waals surface area contributed by atoms with Crippen LogP contribution in [-0.2, 0) is 14.3 Å². The Balaban J connectivity index is 2.12. The van der Waals surface area contributed by atoms with E-state index >= 15 is 0 Å². The van der Waals surface area contributed by atoms with Gasteiger partial charge in [0.1, 0.15) is 11.6 Å². The molecule has 3 atom stereocenters. The van der Waals surface area contributed by atoms with E-state index in [2.05, 4.69) is 0 Å². The maximum absolute atomic E-state index is 11.0. The monoisotopic (exact) mass is 239 g/mol. The minimum Gasteiger partial charge on any atom is -0.497 e. The van der Waals surface area contributed by atoms with Crippen molar-refractivity contribution in [3.63, 3.8) is 0 Å². The van der Waals surface area contributed by atoms with Gasteiger partial charge < -0.3 is 20.7 Å². The molecular formula is C11H13NO5. The Labute approximate surface area is 97.4 Å². The number of ether oxygens (including phenoxy) is 1. The van der Waals surface area contributed by atoms with E-state index in [1.165, 1.54) is 12.3 Å². The quantitative estimate of drug-likeness (QED) is 0.602. The molecule has 0 unspecified atom stereocenters. The van der Waals surface area contributed by atoms with Gasteiger partial charge in [-0.25, -0.2) is 4.79 Å². The number of carboxylic acid groups (broad SMARTS) is 2. The Morgan fingerprint density at radius 1 is 1.47 bits per heavy atom. The van der Waals surface area contributed by atoms with Gasteiger partial charge >= 0.3 is 11.9 Å². The predicted octanol–water partition coefficient (Wildman–Crippen LogP) is 0.102. The first kappa shape index (κ1) is 11.7. The first-order chi connectivity index (χ1) is 7.92. The highest BCUT2D eigenvalue weighted by molar-refractivity contribution is 5.81. The molecule has 0 radical (unpaired) electrons. The van der Waals surface area contributed by atoms with Gasteiger partial charge in [0.05, 0.1) is 6.26 Å². The smallest absolute Gasteiger partial charge is 0.328 e. The Morgan fingerprint density at radius 3 is 2.76 bits per heavy atom. The Hall–Kier alpha value is -1.82. The van der Waals surface area contributed by atoms with E-state index in [0.29, 0.717) is 5.57 Å². The van der Waals surface area contributed by atoms with E-state index in [9.17, 15) is 9.59 Å². The molecule has 6 heteroatoms. The summed E-state index contributed by atoms with van der Waals surface area (Å²) in [6, 6.07) is 0. The van der Waals surface area contributed by atoms with E-state index in [4.69, 9.17) is 20.7 Å². The van der Waals surface area contributed by atoms with Crippen molar-refractivity contribution in [2.75, 3.05) is 0 Å². The van der Waals surface area contributed by atoms with E-state index in [1.54, 1.807) is 0 Å². The molecule has 1 fully saturated rings. The zero-order valence-corrected chi connectivity index (χ0v) is 9.00. The van der Waals surface area contributed by atoms with Gasteiger partial charge in [-0.2, -0.15) is 0 Å². The van der Waals surface area contributed by atoms with Gasteiger partial charge in [-0.15, -0.1) is 0 Å². The average Bonchev–Trinajstić information content (AvgIpc) is 2.72. The predicted molar refractivity (Wildman–Crippen MR) is 57.0 cm³/mol. The van der Waals surface area contributed by atoms with Crippen LogP contribution < -0.4 is 5.73 Å². The van der Waals surface area contributed by atoms with E-state index in [0.717, 1.165) is 6.08 Å². The highest BCUT2D eigenvalue weighted by Gasteiger charge is 2.51. The van der Waals surface area contributed by atoms with Crippen LogP contribution in [0.1, 0.15) is 12.8 Å². The SMILES string of the molecule is N[C@@]1(C(=O)O)C[C@@H]2C(/C=C/C(=O)O)=CO[C@@H]2C1. The number of hydrogen-bond donors (Lipinski definition) is 3. The summed E-state index contributed by atoms with van der Waals surface area (Å²) in [4.78, 5) is 21.4. The van der Waals surface area contributed by atoms with Crippen molar-refractivity contribution >= 4 is 11.9 Å². The van der Waals surface area contributed by atoms with Crippen molar-refractivity contribution in [2.45, 2.75) is 24.5 Å². The molecule has 1 saturated carbocycles. The number of nitrogens with two attached hydrogens (primary N) is 1. The molecule has 1 heterocycles. The van der Waals surface area contributed by atoms with E-state index in [1.807, 2.05) is 0 Å². The maximum Gasteiger partial charge on any atom is 0.328 e. The average molecular weight is 239 g/mol. The highest BCUT2D eigenvalue weighted by Crippen LogP contribution is 2.43. The normalized spacial score (nSPS) is 35.5. The number of rotatable bonds is 3. The van der Waals surface area contributed by atoms with Crippen molar-refractivity contribution in [2.24, 2.45) is 11.7 Å². The van der Waals surface area contributed by atoms with Crippen molar-refractivity contribution in [3.05, 3.63) is 24.0 Å². The van der Waals surface area contributed by atoms with Gasteiger partial charge in [0, 0.05) is 18.4 Å². The van der Waals surface area contributed by atoms with Gasteiger partial charge in [0.2, 0.25) is 0 Å². The van der Waals surface area contributed by atoms with Crippen LogP contribution in [0.15, 0.2) is 24.0 Å². The Kier molecular flexibility index (Phi) is 2.66. The van der Waals surface area contributed by atoms with Crippen LogP contribution in [0.4, 0.5) is 0 Å². The van der Waals surface area contributed by atoms with Crippen LogP contribution in [0.25, 0.3) is 0 Å². The fourth-order valence-corrected chi connectivity index (χ4v) is 2.34. The number of carboxylic acids is 2. The molecular weight excluding hydrogens is 226 g/mol. The highest BCUT2D eigenvalue weighted by atomic mass is 16.5. The molecule has 17 heavy (non-hydrogen) atoms. The zero-order valence-electron chi connectivity index (χ0n) is 9.00. The summed E-state index contributed by atoms with van der Waals surface area (Å²) in [6.07, 6.45) is 4.17. The number of aliphatic carboxylic acids is 2. The lowest BCUT2D eigenvalue weighted by atomic mass is 9.93. The first-order valence-electron chi connectivity index (χ1n) is 5.21. The minimum atomic E-state index is -1.27. The molecule has 0 aromatic rings. The largest absolute Gasteiger partial charge is 0.497 e. The van der Waals surface area contributed by atoms with Crippen molar-refractivity contribution in [1.82, 2.24) is 0 Å². The third kappa shape index (κ3) is 2.03. The zero-order chi connectivity index (χ0) is 12.6. The first-order valence-corrected chi connectivity index (χ1v) is 5.21. The molecule has 6 nitrogen and oxygen atoms in total. The van der Waals surface area contributed by atoms with Crippen LogP contribution in [0.2, 0.25) is 0 Å². The van der Waals surface area contributed by atoms with E-state index in [-0.39, 0.29) is 24.9 Å². The fourth-order valence-electron chi connectivity index (χ4n) is 2.34. The number of carbonyl (C=O) groups is 2.